The van der Waals surface area contributed by atoms with E-state index in [1.165, 1.54) is 0 Å². The fourth-order valence-electron chi connectivity index (χ4n) is 3.05. The first-order valence-electron chi connectivity index (χ1n) is 8.53. The van der Waals surface area contributed by atoms with Crippen LogP contribution in [-0.4, -0.2) is 34.4 Å². The van der Waals surface area contributed by atoms with Gasteiger partial charge in [0, 0.05) is 24.4 Å². The highest BCUT2D eigenvalue weighted by Gasteiger charge is 2.26. The molecule has 132 valence electrons. The number of nitrogens with one attached hydrogen (secondary N) is 1. The number of para-hydroxylation sites is 2. The average Bonchev–Trinajstić information content (AvgIpc) is 3.30. The van der Waals surface area contributed by atoms with Crippen LogP contribution in [0.2, 0.25) is 0 Å². The molecule has 2 aromatic carbocycles. The fourth-order valence-corrected chi connectivity index (χ4v) is 3.05. The third-order valence-corrected chi connectivity index (χ3v) is 4.42. The molecule has 1 aliphatic rings. The minimum Gasteiger partial charge on any atom is -0.491 e. The van der Waals surface area contributed by atoms with Crippen molar-refractivity contribution in [3.63, 3.8) is 0 Å². The maximum Gasteiger partial charge on any atom is 0.318 e. The van der Waals surface area contributed by atoms with Crippen molar-refractivity contribution in [2.45, 2.75) is 12.6 Å². The van der Waals surface area contributed by atoms with Gasteiger partial charge in [0.25, 0.3) is 0 Å². The van der Waals surface area contributed by atoms with E-state index in [1.807, 2.05) is 65.5 Å². The zero-order chi connectivity index (χ0) is 17.9. The molecule has 1 N–H and O–H groups in total. The summed E-state index contributed by atoms with van der Waals surface area (Å²) >= 11 is 0. The van der Waals surface area contributed by atoms with Gasteiger partial charge in [0.15, 0.2) is 0 Å². The number of aromatic nitrogens is 2. The zero-order valence-electron chi connectivity index (χ0n) is 14.5. The predicted octanol–water partition coefficient (Wildman–Crippen LogP) is 3.15. The van der Waals surface area contributed by atoms with Crippen LogP contribution in [0.15, 0.2) is 67.0 Å². The highest BCUT2D eigenvalue weighted by Crippen LogP contribution is 2.31. The summed E-state index contributed by atoms with van der Waals surface area (Å²) in [7, 11) is 1.77. The molecule has 2 amide bonds. The molecule has 1 aliphatic heterocycles. The second-order valence-electron chi connectivity index (χ2n) is 6.34. The van der Waals surface area contributed by atoms with Crippen molar-refractivity contribution in [2.24, 2.45) is 0 Å². The van der Waals surface area contributed by atoms with Gasteiger partial charge in [-0.1, -0.05) is 36.4 Å². The number of ether oxygens (including phenoxy) is 1. The van der Waals surface area contributed by atoms with Gasteiger partial charge >= 0.3 is 6.03 Å². The van der Waals surface area contributed by atoms with Gasteiger partial charge in [-0.25, -0.2) is 9.48 Å². The van der Waals surface area contributed by atoms with Crippen LogP contribution in [0.25, 0.3) is 5.69 Å². The van der Waals surface area contributed by atoms with Gasteiger partial charge in [-0.15, -0.1) is 0 Å². The van der Waals surface area contributed by atoms with Crippen LogP contribution in [0.5, 0.6) is 5.75 Å². The van der Waals surface area contributed by atoms with Crippen LogP contribution >= 0.6 is 0 Å². The van der Waals surface area contributed by atoms with Crippen LogP contribution in [0, 0.1) is 0 Å². The Morgan fingerprint density at radius 3 is 2.85 bits per heavy atom. The summed E-state index contributed by atoms with van der Waals surface area (Å²) in [5, 5.41) is 7.40. The van der Waals surface area contributed by atoms with Crippen molar-refractivity contribution in [1.82, 2.24) is 20.0 Å². The standard InChI is InChI=1S/C20H20N4O2/c1-23(12-15-11-21-24(13-15)16-7-3-2-4-8-16)20(25)22-18-14-26-19-10-6-5-9-17(18)19/h2-11,13,18H,12,14H2,1H3,(H,22,25)/t18-/m1/s1. The highest BCUT2D eigenvalue weighted by molar-refractivity contribution is 5.74. The molecule has 0 fully saturated rings. The molecular formula is C20H20N4O2. The summed E-state index contributed by atoms with van der Waals surface area (Å²) in [6.45, 7) is 0.943. The van der Waals surface area contributed by atoms with Crippen LogP contribution < -0.4 is 10.1 Å². The lowest BCUT2D eigenvalue weighted by atomic mass is 10.1. The molecule has 0 spiro atoms. The molecular weight excluding hydrogens is 328 g/mol. The van der Waals surface area contributed by atoms with Crippen molar-refractivity contribution in [1.29, 1.82) is 0 Å². The van der Waals surface area contributed by atoms with Gasteiger partial charge in [-0.2, -0.15) is 5.10 Å². The molecule has 0 bridgehead atoms. The monoisotopic (exact) mass is 348 g/mol. The summed E-state index contributed by atoms with van der Waals surface area (Å²) in [6.07, 6.45) is 3.72. The van der Waals surface area contributed by atoms with Gasteiger partial charge in [-0.05, 0) is 18.2 Å². The summed E-state index contributed by atoms with van der Waals surface area (Å²) in [5.74, 6) is 0.838. The predicted molar refractivity (Wildman–Crippen MR) is 98.2 cm³/mol. The summed E-state index contributed by atoms with van der Waals surface area (Å²) in [6, 6.07) is 17.4. The molecule has 1 atom stereocenters. The number of hydrogen-bond acceptors (Lipinski definition) is 3. The normalized spacial score (nSPS) is 15.2. The smallest absolute Gasteiger partial charge is 0.318 e. The van der Waals surface area contributed by atoms with E-state index in [4.69, 9.17) is 4.74 Å². The van der Waals surface area contributed by atoms with E-state index in [0.717, 1.165) is 22.6 Å². The molecule has 0 saturated carbocycles. The van der Waals surface area contributed by atoms with Crippen LogP contribution in [0.1, 0.15) is 17.2 Å². The molecule has 26 heavy (non-hydrogen) atoms. The van der Waals surface area contributed by atoms with E-state index >= 15 is 0 Å². The van der Waals surface area contributed by atoms with E-state index in [2.05, 4.69) is 10.4 Å². The Kier molecular flexibility index (Phi) is 4.31. The van der Waals surface area contributed by atoms with Crippen molar-refractivity contribution in [2.75, 3.05) is 13.7 Å². The van der Waals surface area contributed by atoms with Crippen molar-refractivity contribution in [3.05, 3.63) is 78.1 Å². The van der Waals surface area contributed by atoms with Gasteiger partial charge in [0.1, 0.15) is 12.4 Å². The molecule has 2 heterocycles. The van der Waals surface area contributed by atoms with Crippen molar-refractivity contribution < 1.29 is 9.53 Å². The van der Waals surface area contributed by atoms with Crippen molar-refractivity contribution >= 4 is 6.03 Å². The topological polar surface area (TPSA) is 59.4 Å². The van der Waals surface area contributed by atoms with Gasteiger partial charge in [-0.3, -0.25) is 0 Å². The molecule has 0 saturated heterocycles. The summed E-state index contributed by atoms with van der Waals surface area (Å²) < 4.78 is 7.42. The minimum absolute atomic E-state index is 0.117. The Bertz CT molecular complexity index is 907. The van der Waals surface area contributed by atoms with Crippen LogP contribution in [0.4, 0.5) is 4.79 Å². The SMILES string of the molecule is CN(Cc1cnn(-c2ccccc2)c1)C(=O)N[C@@H]1COc2ccccc21. The Morgan fingerprint density at radius 1 is 1.23 bits per heavy atom. The third-order valence-electron chi connectivity index (χ3n) is 4.42. The van der Waals surface area contributed by atoms with E-state index in [1.54, 1.807) is 18.1 Å². The third kappa shape index (κ3) is 3.26. The number of nitrogens with zero attached hydrogens (tertiary/aromatic N) is 3. The zero-order valence-corrected chi connectivity index (χ0v) is 14.5. The number of rotatable bonds is 4. The largest absolute Gasteiger partial charge is 0.491 e. The van der Waals surface area contributed by atoms with E-state index in [9.17, 15) is 4.79 Å². The number of benzene rings is 2. The molecule has 0 unspecified atom stereocenters. The Hall–Kier alpha value is -3.28. The second-order valence-corrected chi connectivity index (χ2v) is 6.34. The number of amides is 2. The Labute approximate surface area is 152 Å². The second kappa shape index (κ2) is 6.92. The lowest BCUT2D eigenvalue weighted by Crippen LogP contribution is -2.39. The molecule has 6 nitrogen and oxygen atoms in total. The lowest BCUT2D eigenvalue weighted by molar-refractivity contribution is 0.199. The van der Waals surface area contributed by atoms with Gasteiger partial charge in [0.05, 0.1) is 24.5 Å². The molecule has 0 aliphatic carbocycles. The summed E-state index contributed by atoms with van der Waals surface area (Å²) in [4.78, 5) is 14.2. The highest BCUT2D eigenvalue weighted by atomic mass is 16.5. The first-order valence-corrected chi connectivity index (χ1v) is 8.53. The van der Waals surface area contributed by atoms with Crippen LogP contribution in [-0.2, 0) is 6.54 Å². The quantitative estimate of drug-likeness (QED) is 0.788. The number of carbonyl (C=O) groups is 1. The molecule has 3 aromatic rings. The number of urea groups is 1. The average molecular weight is 348 g/mol. The first kappa shape index (κ1) is 16.2. The van der Waals surface area contributed by atoms with E-state index < -0.39 is 0 Å². The Balaban J connectivity index is 1.39. The van der Waals surface area contributed by atoms with Crippen molar-refractivity contribution in [3.8, 4) is 11.4 Å². The molecule has 0 radical (unpaired) electrons. The van der Waals surface area contributed by atoms with E-state index in [-0.39, 0.29) is 12.1 Å². The maximum atomic E-state index is 12.5. The van der Waals surface area contributed by atoms with Gasteiger partial charge < -0.3 is 15.0 Å². The fraction of sp³-hybridized carbons (Fsp3) is 0.200. The Morgan fingerprint density at radius 2 is 2.00 bits per heavy atom. The molecule has 6 heteroatoms. The van der Waals surface area contributed by atoms with Crippen LogP contribution in [0.3, 0.4) is 0 Å². The maximum absolute atomic E-state index is 12.5. The molecule has 4 rings (SSSR count). The van der Waals surface area contributed by atoms with E-state index in [0.29, 0.717) is 13.2 Å². The number of hydrogen-bond donors (Lipinski definition) is 1. The summed E-state index contributed by atoms with van der Waals surface area (Å²) in [5.41, 5.74) is 2.98. The lowest BCUT2D eigenvalue weighted by Gasteiger charge is -2.20. The number of carbonyl (C=O) groups excluding carboxylic acids is 1. The number of fused-ring (bicyclic) bond motifs is 1. The minimum atomic E-state index is -0.136. The first-order chi connectivity index (χ1) is 12.7. The van der Waals surface area contributed by atoms with Gasteiger partial charge in [0.2, 0.25) is 0 Å². The molecule has 1 aromatic heterocycles.